The van der Waals surface area contributed by atoms with Gasteiger partial charge in [-0.2, -0.15) is 0 Å². The van der Waals surface area contributed by atoms with Gasteiger partial charge >= 0.3 is 0 Å². The third kappa shape index (κ3) is 2.22. The van der Waals surface area contributed by atoms with E-state index in [0.29, 0.717) is 0 Å². The van der Waals surface area contributed by atoms with Crippen molar-refractivity contribution in [3.05, 3.63) is 17.0 Å². The lowest BCUT2D eigenvalue weighted by Gasteiger charge is -2.30. The van der Waals surface area contributed by atoms with E-state index in [4.69, 9.17) is 0 Å². The largest absolute Gasteiger partial charge is 0.393 e. The summed E-state index contributed by atoms with van der Waals surface area (Å²) >= 11 is 3.31. The minimum absolute atomic E-state index is 0.142. The van der Waals surface area contributed by atoms with Crippen LogP contribution in [-0.4, -0.2) is 34.3 Å². The smallest absolute Gasteiger partial charge is 0.133 e. The zero-order chi connectivity index (χ0) is 9.97. The SMILES string of the molecule is OC1CCN(c2cc(Br)ncn2)CC1. The first-order valence-electron chi connectivity index (χ1n) is 4.66. The van der Waals surface area contributed by atoms with Crippen molar-refractivity contribution in [3.63, 3.8) is 0 Å². The molecule has 1 aromatic rings. The monoisotopic (exact) mass is 257 g/mol. The molecule has 0 radical (unpaired) electrons. The molecule has 0 aromatic carbocycles. The standard InChI is InChI=1S/C9H12BrN3O/c10-8-5-9(12-6-11-8)13-3-1-7(14)2-4-13/h5-7,14H,1-4H2. The van der Waals surface area contributed by atoms with Crippen molar-refractivity contribution in [2.24, 2.45) is 0 Å². The average molecular weight is 258 g/mol. The first-order chi connectivity index (χ1) is 6.75. The van der Waals surface area contributed by atoms with Gasteiger partial charge in [0.1, 0.15) is 16.7 Å². The molecule has 1 saturated heterocycles. The Bertz CT molecular complexity index is 313. The Labute approximate surface area is 91.1 Å². The number of nitrogens with zero attached hydrogens (tertiary/aromatic N) is 3. The van der Waals surface area contributed by atoms with Gasteiger partial charge in [-0.1, -0.05) is 0 Å². The highest BCUT2D eigenvalue weighted by Gasteiger charge is 2.17. The van der Waals surface area contributed by atoms with E-state index < -0.39 is 0 Å². The summed E-state index contributed by atoms with van der Waals surface area (Å²) in [7, 11) is 0. The average Bonchev–Trinajstić information content (AvgIpc) is 2.19. The summed E-state index contributed by atoms with van der Waals surface area (Å²) in [5.41, 5.74) is 0. The number of rotatable bonds is 1. The lowest BCUT2D eigenvalue weighted by molar-refractivity contribution is 0.145. The van der Waals surface area contributed by atoms with Crippen LogP contribution < -0.4 is 4.90 Å². The number of halogens is 1. The van der Waals surface area contributed by atoms with Gasteiger partial charge in [-0.25, -0.2) is 9.97 Å². The maximum absolute atomic E-state index is 9.36. The molecule has 5 heteroatoms. The number of aliphatic hydroxyl groups is 1. The molecule has 1 aliphatic rings. The number of aromatic nitrogens is 2. The molecule has 2 rings (SSSR count). The van der Waals surface area contributed by atoms with E-state index >= 15 is 0 Å². The number of piperidine rings is 1. The summed E-state index contributed by atoms with van der Waals surface area (Å²) < 4.78 is 0.800. The Kier molecular flexibility index (Phi) is 2.98. The lowest BCUT2D eigenvalue weighted by Crippen LogP contribution is -2.36. The highest BCUT2D eigenvalue weighted by atomic mass is 79.9. The first-order valence-corrected chi connectivity index (χ1v) is 5.45. The molecule has 0 unspecified atom stereocenters. The maximum Gasteiger partial charge on any atom is 0.133 e. The van der Waals surface area contributed by atoms with Gasteiger partial charge in [-0.3, -0.25) is 0 Å². The van der Waals surface area contributed by atoms with Gasteiger partial charge in [-0.05, 0) is 28.8 Å². The van der Waals surface area contributed by atoms with E-state index in [-0.39, 0.29) is 6.10 Å². The molecular formula is C9H12BrN3O. The van der Waals surface area contributed by atoms with E-state index in [2.05, 4.69) is 30.8 Å². The Morgan fingerprint density at radius 3 is 2.71 bits per heavy atom. The van der Waals surface area contributed by atoms with Gasteiger partial charge in [0, 0.05) is 19.2 Å². The van der Waals surface area contributed by atoms with Crippen LogP contribution in [-0.2, 0) is 0 Å². The zero-order valence-corrected chi connectivity index (χ0v) is 9.31. The van der Waals surface area contributed by atoms with Crippen LogP contribution in [0.1, 0.15) is 12.8 Å². The highest BCUT2D eigenvalue weighted by Crippen LogP contribution is 2.19. The van der Waals surface area contributed by atoms with E-state index in [9.17, 15) is 5.11 Å². The molecular weight excluding hydrogens is 246 g/mol. The third-order valence-corrected chi connectivity index (χ3v) is 2.84. The predicted octanol–water partition coefficient (Wildman–Crippen LogP) is 1.20. The molecule has 0 saturated carbocycles. The number of hydrogen-bond donors (Lipinski definition) is 1. The van der Waals surface area contributed by atoms with Gasteiger partial charge in [0.25, 0.3) is 0 Å². The Morgan fingerprint density at radius 1 is 1.36 bits per heavy atom. The molecule has 1 aliphatic heterocycles. The second-order valence-corrected chi connectivity index (χ2v) is 4.23. The molecule has 76 valence electrons. The summed E-state index contributed by atoms with van der Waals surface area (Å²) in [6.45, 7) is 1.73. The summed E-state index contributed by atoms with van der Waals surface area (Å²) in [6, 6.07) is 1.90. The van der Waals surface area contributed by atoms with Crippen molar-refractivity contribution >= 4 is 21.7 Å². The van der Waals surface area contributed by atoms with Crippen LogP contribution in [0.3, 0.4) is 0 Å². The Balaban J connectivity index is 2.08. The van der Waals surface area contributed by atoms with Crippen LogP contribution in [0.25, 0.3) is 0 Å². The van der Waals surface area contributed by atoms with Gasteiger partial charge in [0.2, 0.25) is 0 Å². The van der Waals surface area contributed by atoms with Crippen LogP contribution >= 0.6 is 15.9 Å². The fourth-order valence-corrected chi connectivity index (χ4v) is 1.89. The van der Waals surface area contributed by atoms with Gasteiger partial charge < -0.3 is 10.0 Å². The molecule has 14 heavy (non-hydrogen) atoms. The van der Waals surface area contributed by atoms with E-state index in [1.165, 1.54) is 0 Å². The van der Waals surface area contributed by atoms with Crippen molar-refractivity contribution in [1.29, 1.82) is 0 Å². The molecule has 0 aliphatic carbocycles. The van der Waals surface area contributed by atoms with E-state index in [0.717, 1.165) is 36.4 Å². The van der Waals surface area contributed by atoms with Crippen molar-refractivity contribution in [3.8, 4) is 0 Å². The molecule has 2 heterocycles. The van der Waals surface area contributed by atoms with Crippen molar-refractivity contribution in [2.45, 2.75) is 18.9 Å². The number of aliphatic hydroxyl groups excluding tert-OH is 1. The number of anilines is 1. The van der Waals surface area contributed by atoms with Crippen LogP contribution in [0.5, 0.6) is 0 Å². The molecule has 1 aromatic heterocycles. The zero-order valence-electron chi connectivity index (χ0n) is 7.73. The van der Waals surface area contributed by atoms with Crippen LogP contribution in [0.4, 0.5) is 5.82 Å². The maximum atomic E-state index is 9.36. The first kappa shape index (κ1) is 9.86. The summed E-state index contributed by atoms with van der Waals surface area (Å²) in [5.74, 6) is 0.929. The predicted molar refractivity (Wildman–Crippen MR) is 57.2 cm³/mol. The third-order valence-electron chi connectivity index (χ3n) is 2.41. The van der Waals surface area contributed by atoms with E-state index in [1.54, 1.807) is 6.33 Å². The molecule has 0 spiro atoms. The fraction of sp³-hybridized carbons (Fsp3) is 0.556. The quantitative estimate of drug-likeness (QED) is 0.769. The summed E-state index contributed by atoms with van der Waals surface area (Å²) in [4.78, 5) is 10.3. The van der Waals surface area contributed by atoms with Crippen LogP contribution in [0.15, 0.2) is 17.0 Å². The molecule has 0 amide bonds. The van der Waals surface area contributed by atoms with E-state index in [1.807, 2.05) is 6.07 Å². The number of hydrogen-bond acceptors (Lipinski definition) is 4. The van der Waals surface area contributed by atoms with Crippen molar-refractivity contribution in [1.82, 2.24) is 9.97 Å². The van der Waals surface area contributed by atoms with Crippen molar-refractivity contribution < 1.29 is 5.11 Å². The second-order valence-electron chi connectivity index (χ2n) is 3.42. The summed E-state index contributed by atoms with van der Waals surface area (Å²) in [5, 5.41) is 9.36. The summed E-state index contributed by atoms with van der Waals surface area (Å²) in [6.07, 6.45) is 3.05. The Hall–Kier alpha value is -0.680. The molecule has 1 fully saturated rings. The lowest BCUT2D eigenvalue weighted by atomic mass is 10.1. The van der Waals surface area contributed by atoms with Gasteiger partial charge in [-0.15, -0.1) is 0 Å². The molecule has 0 atom stereocenters. The second kappa shape index (κ2) is 4.23. The van der Waals surface area contributed by atoms with Gasteiger partial charge in [0.05, 0.1) is 6.10 Å². The minimum Gasteiger partial charge on any atom is -0.393 e. The topological polar surface area (TPSA) is 49.2 Å². The molecule has 1 N–H and O–H groups in total. The van der Waals surface area contributed by atoms with Crippen LogP contribution in [0, 0.1) is 0 Å². The minimum atomic E-state index is -0.142. The Morgan fingerprint density at radius 2 is 2.07 bits per heavy atom. The van der Waals surface area contributed by atoms with Crippen molar-refractivity contribution in [2.75, 3.05) is 18.0 Å². The highest BCUT2D eigenvalue weighted by molar-refractivity contribution is 9.10. The molecule has 0 bridgehead atoms. The normalized spacial score (nSPS) is 18.6. The van der Waals surface area contributed by atoms with Crippen LogP contribution in [0.2, 0.25) is 0 Å². The molecule has 4 nitrogen and oxygen atoms in total. The fourth-order valence-electron chi connectivity index (χ4n) is 1.59. The van der Waals surface area contributed by atoms with Gasteiger partial charge in [0.15, 0.2) is 0 Å².